The number of nitrogens with one attached hydrogen (secondary N) is 2. The summed E-state index contributed by atoms with van der Waals surface area (Å²) in [6.45, 7) is 9.26. The van der Waals surface area contributed by atoms with Gasteiger partial charge in [-0.3, -0.25) is 9.59 Å². The average Bonchev–Trinajstić information content (AvgIpc) is 2.73. The quantitative estimate of drug-likeness (QED) is 0.704. The van der Waals surface area contributed by atoms with Crippen LogP contribution in [0.5, 0.6) is 5.75 Å². The zero-order chi connectivity index (χ0) is 22.3. The van der Waals surface area contributed by atoms with Crippen molar-refractivity contribution in [2.75, 3.05) is 39.3 Å². The smallest absolute Gasteiger partial charge is 0.275 e. The summed E-state index contributed by atoms with van der Waals surface area (Å²) >= 11 is 0. The van der Waals surface area contributed by atoms with E-state index in [9.17, 15) is 9.59 Å². The monoisotopic (exact) mass is 424 g/mol. The van der Waals surface area contributed by atoms with Crippen LogP contribution in [-0.2, 0) is 16.0 Å². The maximum Gasteiger partial charge on any atom is 0.275 e. The first-order valence-electron chi connectivity index (χ1n) is 11.0. The zero-order valence-electron chi connectivity index (χ0n) is 18.8. The average molecular weight is 425 g/mol. The van der Waals surface area contributed by atoms with Gasteiger partial charge in [0.1, 0.15) is 5.75 Å². The first kappa shape index (κ1) is 22.8. The van der Waals surface area contributed by atoms with Gasteiger partial charge in [-0.05, 0) is 38.0 Å². The molecule has 0 saturated carbocycles. The van der Waals surface area contributed by atoms with Crippen molar-refractivity contribution in [3.63, 3.8) is 0 Å². The molecule has 1 saturated heterocycles. The molecule has 6 nitrogen and oxygen atoms in total. The van der Waals surface area contributed by atoms with Crippen LogP contribution in [0.3, 0.4) is 0 Å². The van der Waals surface area contributed by atoms with Crippen LogP contribution in [0, 0.1) is 0 Å². The molecule has 0 unspecified atom stereocenters. The first-order chi connectivity index (χ1) is 14.8. The molecule has 0 aliphatic carbocycles. The minimum atomic E-state index is -0.220. The summed E-state index contributed by atoms with van der Waals surface area (Å²) in [5, 5.41) is 3.00. The van der Waals surface area contributed by atoms with E-state index in [1.54, 1.807) is 0 Å². The van der Waals surface area contributed by atoms with E-state index >= 15 is 0 Å². The molecular formula is C25H34N3O3+. The number of carbonyl (C=O) groups is 2. The van der Waals surface area contributed by atoms with Gasteiger partial charge in [0.15, 0.2) is 13.2 Å². The Labute approximate surface area is 185 Å². The van der Waals surface area contributed by atoms with Gasteiger partial charge in [-0.2, -0.15) is 0 Å². The van der Waals surface area contributed by atoms with E-state index in [-0.39, 0.29) is 24.0 Å². The Morgan fingerprint density at radius 2 is 1.65 bits per heavy atom. The normalized spacial score (nSPS) is 14.9. The molecule has 0 spiro atoms. The SMILES string of the molecule is CC(C)(C)NC(=O)C[NH+]1CCN(C(=O)COc2ccccc2Cc2ccccc2)CC1. The number of nitrogens with zero attached hydrogens (tertiary/aromatic N) is 1. The van der Waals surface area contributed by atoms with Gasteiger partial charge in [0.05, 0.1) is 26.2 Å². The van der Waals surface area contributed by atoms with Crippen LogP contribution in [0.25, 0.3) is 0 Å². The maximum atomic E-state index is 12.7. The fourth-order valence-corrected chi connectivity index (χ4v) is 3.78. The highest BCUT2D eigenvalue weighted by Gasteiger charge is 2.26. The largest absolute Gasteiger partial charge is 0.483 e. The number of amides is 2. The van der Waals surface area contributed by atoms with E-state index in [0.717, 1.165) is 30.8 Å². The second-order valence-corrected chi connectivity index (χ2v) is 9.16. The molecule has 2 aromatic rings. The second kappa shape index (κ2) is 10.4. The van der Waals surface area contributed by atoms with Crippen LogP contribution in [0.15, 0.2) is 54.6 Å². The number of ether oxygens (including phenoxy) is 1. The third-order valence-electron chi connectivity index (χ3n) is 5.31. The minimum absolute atomic E-state index is 0.00675. The standard InChI is InChI=1S/C25H33N3O3/c1-25(2,3)26-23(29)18-27-13-15-28(16-14-27)24(30)19-31-22-12-8-7-11-21(22)17-20-9-5-4-6-10-20/h4-12H,13-19H2,1-3H3,(H,26,29)/p+1. The predicted molar refractivity (Wildman–Crippen MR) is 121 cm³/mol. The molecule has 31 heavy (non-hydrogen) atoms. The van der Waals surface area contributed by atoms with Crippen LogP contribution in [0.1, 0.15) is 31.9 Å². The number of hydrogen-bond donors (Lipinski definition) is 2. The van der Waals surface area contributed by atoms with Crippen LogP contribution < -0.4 is 15.0 Å². The van der Waals surface area contributed by atoms with E-state index in [4.69, 9.17) is 4.74 Å². The molecule has 6 heteroatoms. The Hall–Kier alpha value is -2.86. The molecule has 0 radical (unpaired) electrons. The van der Waals surface area contributed by atoms with Gasteiger partial charge < -0.3 is 19.9 Å². The van der Waals surface area contributed by atoms with Crippen LogP contribution in [0.4, 0.5) is 0 Å². The minimum Gasteiger partial charge on any atom is -0.483 e. The maximum absolute atomic E-state index is 12.7. The lowest BCUT2D eigenvalue weighted by atomic mass is 10.0. The summed E-state index contributed by atoms with van der Waals surface area (Å²) in [5.74, 6) is 0.802. The molecule has 3 rings (SSSR count). The molecule has 1 aliphatic heterocycles. The van der Waals surface area contributed by atoms with E-state index in [0.29, 0.717) is 19.6 Å². The molecule has 1 heterocycles. The summed E-state index contributed by atoms with van der Waals surface area (Å²) < 4.78 is 5.91. The highest BCUT2D eigenvalue weighted by atomic mass is 16.5. The Morgan fingerprint density at radius 3 is 2.32 bits per heavy atom. The highest BCUT2D eigenvalue weighted by molar-refractivity contribution is 5.78. The van der Waals surface area contributed by atoms with Gasteiger partial charge in [0.2, 0.25) is 0 Å². The number of rotatable bonds is 7. The molecule has 0 aromatic heterocycles. The highest BCUT2D eigenvalue weighted by Crippen LogP contribution is 2.21. The number of carbonyl (C=O) groups excluding carboxylic acids is 2. The van der Waals surface area contributed by atoms with Crippen LogP contribution in [-0.4, -0.2) is 61.6 Å². The van der Waals surface area contributed by atoms with Gasteiger partial charge >= 0.3 is 0 Å². The molecule has 2 amide bonds. The lowest BCUT2D eigenvalue weighted by molar-refractivity contribution is -0.896. The molecule has 1 fully saturated rings. The third-order valence-corrected chi connectivity index (χ3v) is 5.31. The van der Waals surface area contributed by atoms with Crippen molar-refractivity contribution >= 4 is 11.8 Å². The van der Waals surface area contributed by atoms with Gasteiger partial charge in [-0.25, -0.2) is 0 Å². The summed E-state index contributed by atoms with van der Waals surface area (Å²) in [7, 11) is 0. The van der Waals surface area contributed by atoms with E-state index in [1.165, 1.54) is 10.5 Å². The zero-order valence-corrected chi connectivity index (χ0v) is 18.8. The van der Waals surface area contributed by atoms with Gasteiger partial charge in [-0.1, -0.05) is 48.5 Å². The Kier molecular flexibility index (Phi) is 7.69. The van der Waals surface area contributed by atoms with E-state index in [1.807, 2.05) is 68.1 Å². The number of para-hydroxylation sites is 1. The van der Waals surface area contributed by atoms with Gasteiger partial charge in [0, 0.05) is 12.0 Å². The van der Waals surface area contributed by atoms with E-state index < -0.39 is 0 Å². The Balaban J connectivity index is 1.46. The van der Waals surface area contributed by atoms with Crippen LogP contribution >= 0.6 is 0 Å². The Morgan fingerprint density at radius 1 is 1.00 bits per heavy atom. The fraction of sp³-hybridized carbons (Fsp3) is 0.440. The van der Waals surface area contributed by atoms with Gasteiger partial charge in [0.25, 0.3) is 11.8 Å². The number of benzene rings is 2. The molecule has 2 aromatic carbocycles. The van der Waals surface area contributed by atoms with Crippen molar-refractivity contribution in [3.05, 3.63) is 65.7 Å². The van der Waals surface area contributed by atoms with E-state index in [2.05, 4.69) is 17.4 Å². The van der Waals surface area contributed by atoms with Crippen LogP contribution in [0.2, 0.25) is 0 Å². The van der Waals surface area contributed by atoms with Crippen molar-refractivity contribution in [1.82, 2.24) is 10.2 Å². The molecule has 2 N–H and O–H groups in total. The molecular weight excluding hydrogens is 390 g/mol. The topological polar surface area (TPSA) is 63.1 Å². The molecule has 0 atom stereocenters. The lowest BCUT2D eigenvalue weighted by Gasteiger charge is -2.32. The summed E-state index contributed by atoms with van der Waals surface area (Å²) in [4.78, 5) is 27.8. The van der Waals surface area contributed by atoms with Crippen molar-refractivity contribution in [1.29, 1.82) is 0 Å². The van der Waals surface area contributed by atoms with Gasteiger partial charge in [-0.15, -0.1) is 0 Å². The predicted octanol–water partition coefficient (Wildman–Crippen LogP) is 1.30. The number of quaternary nitrogens is 1. The van der Waals surface area contributed by atoms with Crippen molar-refractivity contribution in [2.45, 2.75) is 32.7 Å². The number of piperazine rings is 1. The fourth-order valence-electron chi connectivity index (χ4n) is 3.78. The van der Waals surface area contributed by atoms with Crippen molar-refractivity contribution in [2.24, 2.45) is 0 Å². The summed E-state index contributed by atoms with van der Waals surface area (Å²) in [6, 6.07) is 18.1. The molecule has 0 bridgehead atoms. The van der Waals surface area contributed by atoms with Crippen molar-refractivity contribution < 1.29 is 19.2 Å². The Bertz CT molecular complexity index is 869. The molecule has 166 valence electrons. The number of hydrogen-bond acceptors (Lipinski definition) is 3. The first-order valence-corrected chi connectivity index (χ1v) is 11.0. The second-order valence-electron chi connectivity index (χ2n) is 9.16. The lowest BCUT2D eigenvalue weighted by Crippen LogP contribution is -3.16. The summed E-state index contributed by atoms with van der Waals surface area (Å²) in [6.07, 6.45) is 0.768. The summed E-state index contributed by atoms with van der Waals surface area (Å²) in [5.41, 5.74) is 2.06. The third kappa shape index (κ3) is 7.40. The van der Waals surface area contributed by atoms with Crippen molar-refractivity contribution in [3.8, 4) is 5.75 Å². The molecule has 1 aliphatic rings.